The number of para-hydroxylation sites is 1. The van der Waals surface area contributed by atoms with Crippen molar-refractivity contribution in [3.8, 4) is 17.2 Å². The van der Waals surface area contributed by atoms with Crippen LogP contribution in [0.4, 0.5) is 8.78 Å². The van der Waals surface area contributed by atoms with Gasteiger partial charge in [0.15, 0.2) is 0 Å². The standard InChI is InChI=1S/C29H28F2N6S/c30-21-7-10-24(11-8-21)38-18-4-15-36-16-13-20(14-17-36)27-25-12-9-22(31)19-26(25)37(23-5-2-1-3-6-23)28(27)29-32-34-35-33-29/h1-3,5-12,19-20H,4,13-18H2,(H,32,33,34,35). The third kappa shape index (κ3) is 5.08. The molecule has 38 heavy (non-hydrogen) atoms. The number of aromatic nitrogens is 5. The number of fused-ring (bicyclic) bond motifs is 1. The molecule has 5 aromatic rings. The summed E-state index contributed by atoms with van der Waals surface area (Å²) >= 11 is 1.77. The molecule has 1 fully saturated rings. The molecule has 0 amide bonds. The van der Waals surface area contributed by atoms with Crippen LogP contribution in [0.1, 0.15) is 30.7 Å². The van der Waals surface area contributed by atoms with Gasteiger partial charge in [-0.2, -0.15) is 5.21 Å². The zero-order chi connectivity index (χ0) is 25.9. The zero-order valence-corrected chi connectivity index (χ0v) is 21.7. The first-order valence-electron chi connectivity index (χ1n) is 12.9. The number of rotatable bonds is 8. The van der Waals surface area contributed by atoms with E-state index in [1.54, 1.807) is 17.8 Å². The van der Waals surface area contributed by atoms with Gasteiger partial charge in [-0.05, 0) is 116 Å². The number of tetrazole rings is 1. The number of hydrogen-bond acceptors (Lipinski definition) is 5. The molecule has 3 heterocycles. The highest BCUT2D eigenvalue weighted by Crippen LogP contribution is 2.43. The number of nitrogens with zero attached hydrogens (tertiary/aromatic N) is 5. The van der Waals surface area contributed by atoms with Gasteiger partial charge in [-0.25, -0.2) is 8.78 Å². The Hall–Kier alpha value is -3.56. The number of halogens is 2. The summed E-state index contributed by atoms with van der Waals surface area (Å²) in [4.78, 5) is 3.62. The van der Waals surface area contributed by atoms with Crippen LogP contribution < -0.4 is 0 Å². The Balaban J connectivity index is 1.23. The van der Waals surface area contributed by atoms with E-state index < -0.39 is 0 Å². The molecular formula is C29H28F2N6S. The Labute approximate surface area is 224 Å². The molecule has 1 saturated heterocycles. The molecule has 1 N–H and O–H groups in total. The Bertz CT molecular complexity index is 1490. The quantitative estimate of drug-likeness (QED) is 0.185. The largest absolute Gasteiger partial charge is 0.306 e. The molecule has 194 valence electrons. The normalized spacial score (nSPS) is 14.9. The Kier molecular flexibility index (Phi) is 7.20. The molecule has 6 nitrogen and oxygen atoms in total. The predicted octanol–water partition coefficient (Wildman–Crippen LogP) is 6.45. The Morgan fingerprint density at radius 2 is 1.68 bits per heavy atom. The minimum absolute atomic E-state index is 0.197. The van der Waals surface area contributed by atoms with Gasteiger partial charge in [0.25, 0.3) is 0 Å². The Morgan fingerprint density at radius 1 is 0.921 bits per heavy atom. The van der Waals surface area contributed by atoms with Gasteiger partial charge in [-0.3, -0.25) is 0 Å². The highest BCUT2D eigenvalue weighted by Gasteiger charge is 2.30. The van der Waals surface area contributed by atoms with E-state index in [1.807, 2.05) is 48.5 Å². The predicted molar refractivity (Wildman–Crippen MR) is 147 cm³/mol. The van der Waals surface area contributed by atoms with Gasteiger partial charge in [-0.1, -0.05) is 18.2 Å². The van der Waals surface area contributed by atoms with E-state index in [1.165, 1.54) is 18.2 Å². The van der Waals surface area contributed by atoms with E-state index in [2.05, 4.69) is 30.1 Å². The number of likely N-dealkylation sites (tertiary alicyclic amines) is 1. The number of aromatic amines is 1. The van der Waals surface area contributed by atoms with Crippen LogP contribution in [0.15, 0.2) is 77.7 Å². The summed E-state index contributed by atoms with van der Waals surface area (Å²) < 4.78 is 29.7. The first-order valence-corrected chi connectivity index (χ1v) is 13.9. The maximum Gasteiger partial charge on any atom is 0.221 e. The smallest absolute Gasteiger partial charge is 0.221 e. The summed E-state index contributed by atoms with van der Waals surface area (Å²) in [5, 5.41) is 16.2. The lowest BCUT2D eigenvalue weighted by atomic mass is 9.87. The molecule has 3 aromatic carbocycles. The second kappa shape index (κ2) is 11.0. The molecule has 0 bridgehead atoms. The molecule has 0 atom stereocenters. The van der Waals surface area contributed by atoms with Crippen LogP contribution in [0.25, 0.3) is 28.1 Å². The highest BCUT2D eigenvalue weighted by atomic mass is 32.2. The highest BCUT2D eigenvalue weighted by molar-refractivity contribution is 7.99. The first kappa shape index (κ1) is 24.8. The fourth-order valence-electron chi connectivity index (χ4n) is 5.48. The van der Waals surface area contributed by atoms with Gasteiger partial charge in [0.2, 0.25) is 5.82 Å². The van der Waals surface area contributed by atoms with Crippen LogP contribution in [-0.4, -0.2) is 55.5 Å². The van der Waals surface area contributed by atoms with E-state index in [-0.39, 0.29) is 11.6 Å². The monoisotopic (exact) mass is 530 g/mol. The van der Waals surface area contributed by atoms with Crippen molar-refractivity contribution in [2.24, 2.45) is 0 Å². The fraction of sp³-hybridized carbons (Fsp3) is 0.276. The van der Waals surface area contributed by atoms with Gasteiger partial charge in [-0.15, -0.1) is 22.0 Å². The molecule has 0 saturated carbocycles. The average molecular weight is 531 g/mol. The van der Waals surface area contributed by atoms with E-state index in [4.69, 9.17) is 0 Å². The van der Waals surface area contributed by atoms with E-state index in [0.29, 0.717) is 11.7 Å². The van der Waals surface area contributed by atoms with Crippen LogP contribution in [0.2, 0.25) is 0 Å². The van der Waals surface area contributed by atoms with E-state index in [9.17, 15) is 8.78 Å². The second-order valence-electron chi connectivity index (χ2n) is 9.60. The summed E-state index contributed by atoms with van der Waals surface area (Å²) in [5.41, 5.74) is 3.79. The molecule has 0 radical (unpaired) electrons. The third-order valence-electron chi connectivity index (χ3n) is 7.24. The van der Waals surface area contributed by atoms with Crippen molar-refractivity contribution in [2.75, 3.05) is 25.4 Å². The number of piperidine rings is 1. The maximum absolute atomic E-state index is 14.5. The molecule has 9 heteroatoms. The molecule has 1 aliphatic rings. The summed E-state index contributed by atoms with van der Waals surface area (Å²) in [5.74, 6) is 1.35. The van der Waals surface area contributed by atoms with Crippen molar-refractivity contribution in [1.29, 1.82) is 0 Å². The van der Waals surface area contributed by atoms with Gasteiger partial charge in [0.05, 0.1) is 11.2 Å². The summed E-state index contributed by atoms with van der Waals surface area (Å²) in [7, 11) is 0. The van der Waals surface area contributed by atoms with Crippen molar-refractivity contribution < 1.29 is 8.78 Å². The second-order valence-corrected chi connectivity index (χ2v) is 10.8. The lowest BCUT2D eigenvalue weighted by Gasteiger charge is -2.32. The van der Waals surface area contributed by atoms with Gasteiger partial charge in [0, 0.05) is 16.0 Å². The van der Waals surface area contributed by atoms with Crippen LogP contribution >= 0.6 is 11.8 Å². The number of H-pyrrole nitrogens is 1. The molecule has 0 spiro atoms. The molecule has 0 unspecified atom stereocenters. The van der Waals surface area contributed by atoms with Crippen LogP contribution in [0.3, 0.4) is 0 Å². The third-order valence-corrected chi connectivity index (χ3v) is 8.34. The van der Waals surface area contributed by atoms with Crippen molar-refractivity contribution in [2.45, 2.75) is 30.1 Å². The molecule has 2 aromatic heterocycles. The van der Waals surface area contributed by atoms with Gasteiger partial charge in [0.1, 0.15) is 11.6 Å². The van der Waals surface area contributed by atoms with Crippen LogP contribution in [0.5, 0.6) is 0 Å². The molecule has 6 rings (SSSR count). The maximum atomic E-state index is 14.5. The van der Waals surface area contributed by atoms with E-state index in [0.717, 1.165) is 77.4 Å². The Morgan fingerprint density at radius 3 is 2.42 bits per heavy atom. The lowest BCUT2D eigenvalue weighted by Crippen LogP contribution is -2.34. The van der Waals surface area contributed by atoms with Crippen LogP contribution in [0, 0.1) is 11.6 Å². The number of nitrogens with one attached hydrogen (secondary N) is 1. The minimum Gasteiger partial charge on any atom is -0.306 e. The average Bonchev–Trinajstić information content (AvgIpc) is 3.59. The molecule has 0 aliphatic carbocycles. The van der Waals surface area contributed by atoms with Crippen molar-refractivity contribution in [3.05, 3.63) is 90.0 Å². The number of hydrogen-bond donors (Lipinski definition) is 1. The summed E-state index contributed by atoms with van der Waals surface area (Å²) in [6.07, 6.45) is 3.08. The lowest BCUT2D eigenvalue weighted by molar-refractivity contribution is 0.214. The molecular weight excluding hydrogens is 502 g/mol. The number of benzene rings is 3. The number of thioether (sulfide) groups is 1. The summed E-state index contributed by atoms with van der Waals surface area (Å²) in [6, 6.07) is 21.7. The summed E-state index contributed by atoms with van der Waals surface area (Å²) in [6.45, 7) is 3.03. The van der Waals surface area contributed by atoms with Gasteiger partial charge < -0.3 is 9.47 Å². The SMILES string of the molecule is Fc1ccc(SCCCN2CCC(c3c(-c4nn[nH]n4)n(-c4ccccc4)c4cc(F)ccc34)CC2)cc1. The van der Waals surface area contributed by atoms with Crippen molar-refractivity contribution in [3.63, 3.8) is 0 Å². The first-order chi connectivity index (χ1) is 18.7. The van der Waals surface area contributed by atoms with Gasteiger partial charge >= 0.3 is 0 Å². The zero-order valence-electron chi connectivity index (χ0n) is 20.9. The van der Waals surface area contributed by atoms with Crippen molar-refractivity contribution in [1.82, 2.24) is 30.1 Å². The molecule has 1 aliphatic heterocycles. The van der Waals surface area contributed by atoms with Crippen LogP contribution in [-0.2, 0) is 0 Å². The van der Waals surface area contributed by atoms with E-state index >= 15 is 0 Å². The topological polar surface area (TPSA) is 62.6 Å². The fourth-order valence-corrected chi connectivity index (χ4v) is 6.32. The van der Waals surface area contributed by atoms with Crippen molar-refractivity contribution >= 4 is 22.7 Å². The minimum atomic E-state index is -0.272.